The molecule has 1 N–H and O–H groups in total. The van der Waals surface area contributed by atoms with E-state index in [9.17, 15) is 4.79 Å². The number of hydrogen-bond donors (Lipinski definition) is 1. The molecule has 0 unspecified atom stereocenters. The predicted octanol–water partition coefficient (Wildman–Crippen LogP) is 3.25. The van der Waals surface area contributed by atoms with Crippen molar-refractivity contribution in [3.8, 4) is 5.88 Å². The van der Waals surface area contributed by atoms with Crippen molar-refractivity contribution in [1.82, 2.24) is 4.98 Å². The van der Waals surface area contributed by atoms with Crippen molar-refractivity contribution in [2.45, 2.75) is 38.5 Å². The van der Waals surface area contributed by atoms with Gasteiger partial charge in [-0.05, 0) is 62.3 Å². The fourth-order valence-corrected chi connectivity index (χ4v) is 5.23. The van der Waals surface area contributed by atoms with Gasteiger partial charge in [0, 0.05) is 6.07 Å². The number of methoxy groups -OCH3 is 1. The SMILES string of the molecule is COc1ccc(NC(=O)C23CC4CC(CC(C4)C2)C3)cn1. The Kier molecular flexibility index (Phi) is 2.95. The first-order chi connectivity index (χ1) is 10.2. The molecule has 0 atom stereocenters. The van der Waals surface area contributed by atoms with Gasteiger partial charge in [0.25, 0.3) is 0 Å². The highest BCUT2D eigenvalue weighted by atomic mass is 16.5. The van der Waals surface area contributed by atoms with Crippen LogP contribution in [0.25, 0.3) is 0 Å². The molecule has 4 nitrogen and oxygen atoms in total. The van der Waals surface area contributed by atoms with E-state index in [4.69, 9.17) is 4.74 Å². The van der Waals surface area contributed by atoms with Crippen LogP contribution in [0.5, 0.6) is 5.88 Å². The molecule has 1 heterocycles. The second-order valence-corrected chi connectivity index (χ2v) is 7.24. The summed E-state index contributed by atoms with van der Waals surface area (Å²) < 4.78 is 5.05. The lowest BCUT2D eigenvalue weighted by atomic mass is 9.49. The zero-order valence-corrected chi connectivity index (χ0v) is 12.5. The molecule has 4 aliphatic carbocycles. The molecule has 5 rings (SSSR count). The van der Waals surface area contributed by atoms with Gasteiger partial charge in [-0.25, -0.2) is 4.98 Å². The second kappa shape index (κ2) is 4.72. The monoisotopic (exact) mass is 286 g/mol. The highest BCUT2D eigenvalue weighted by Gasteiger charge is 2.54. The Morgan fingerprint density at radius 2 is 1.81 bits per heavy atom. The summed E-state index contributed by atoms with van der Waals surface area (Å²) in [6.07, 6.45) is 9.03. The molecule has 1 amide bonds. The molecule has 4 heteroatoms. The predicted molar refractivity (Wildman–Crippen MR) is 80.0 cm³/mol. The van der Waals surface area contributed by atoms with Gasteiger partial charge in [-0.15, -0.1) is 0 Å². The highest BCUT2D eigenvalue weighted by Crippen LogP contribution is 2.60. The summed E-state index contributed by atoms with van der Waals surface area (Å²) >= 11 is 0. The molecule has 0 spiro atoms. The minimum Gasteiger partial charge on any atom is -0.481 e. The summed E-state index contributed by atoms with van der Waals surface area (Å²) in [6, 6.07) is 3.65. The Labute approximate surface area is 125 Å². The first-order valence-electron chi connectivity index (χ1n) is 7.98. The number of nitrogens with zero attached hydrogens (tertiary/aromatic N) is 1. The van der Waals surface area contributed by atoms with Crippen molar-refractivity contribution in [3.63, 3.8) is 0 Å². The van der Waals surface area contributed by atoms with Crippen molar-refractivity contribution in [1.29, 1.82) is 0 Å². The smallest absolute Gasteiger partial charge is 0.230 e. The maximum atomic E-state index is 12.9. The normalized spacial score (nSPS) is 36.5. The van der Waals surface area contributed by atoms with Crippen LogP contribution in [0, 0.1) is 23.2 Å². The van der Waals surface area contributed by atoms with E-state index in [-0.39, 0.29) is 11.3 Å². The van der Waals surface area contributed by atoms with E-state index >= 15 is 0 Å². The quantitative estimate of drug-likeness (QED) is 0.928. The second-order valence-electron chi connectivity index (χ2n) is 7.24. The third-order valence-electron chi connectivity index (χ3n) is 5.72. The van der Waals surface area contributed by atoms with Gasteiger partial charge in [0.05, 0.1) is 24.4 Å². The third kappa shape index (κ3) is 2.21. The third-order valence-corrected chi connectivity index (χ3v) is 5.72. The zero-order chi connectivity index (χ0) is 14.4. The topological polar surface area (TPSA) is 51.2 Å². The average Bonchev–Trinajstić information content (AvgIpc) is 2.46. The van der Waals surface area contributed by atoms with E-state index in [0.29, 0.717) is 5.88 Å². The maximum Gasteiger partial charge on any atom is 0.230 e. The number of amides is 1. The zero-order valence-electron chi connectivity index (χ0n) is 12.5. The van der Waals surface area contributed by atoms with E-state index in [2.05, 4.69) is 10.3 Å². The van der Waals surface area contributed by atoms with Gasteiger partial charge >= 0.3 is 0 Å². The van der Waals surface area contributed by atoms with Gasteiger partial charge in [-0.3, -0.25) is 4.79 Å². The summed E-state index contributed by atoms with van der Waals surface area (Å²) in [5.41, 5.74) is 0.672. The van der Waals surface area contributed by atoms with Crippen LogP contribution in [-0.4, -0.2) is 18.0 Å². The summed E-state index contributed by atoms with van der Waals surface area (Å²) in [4.78, 5) is 17.0. The molecular formula is C17H22N2O2. The van der Waals surface area contributed by atoms with Gasteiger partial charge in [0.2, 0.25) is 11.8 Å². The first kappa shape index (κ1) is 13.1. The molecule has 112 valence electrons. The van der Waals surface area contributed by atoms with Gasteiger partial charge in [-0.2, -0.15) is 0 Å². The van der Waals surface area contributed by atoms with Gasteiger partial charge in [0.1, 0.15) is 0 Å². The number of rotatable bonds is 3. The lowest BCUT2D eigenvalue weighted by Crippen LogP contribution is -2.51. The number of carbonyl (C=O) groups is 1. The van der Waals surface area contributed by atoms with E-state index in [0.717, 1.165) is 42.7 Å². The average molecular weight is 286 g/mol. The van der Waals surface area contributed by atoms with Crippen LogP contribution >= 0.6 is 0 Å². The van der Waals surface area contributed by atoms with E-state index in [1.165, 1.54) is 19.3 Å². The van der Waals surface area contributed by atoms with Crippen LogP contribution in [0.15, 0.2) is 18.3 Å². The minimum atomic E-state index is -0.103. The summed E-state index contributed by atoms with van der Waals surface area (Å²) in [7, 11) is 1.59. The van der Waals surface area contributed by atoms with Crippen molar-refractivity contribution >= 4 is 11.6 Å². The number of pyridine rings is 1. The molecule has 1 aromatic rings. The Morgan fingerprint density at radius 1 is 1.19 bits per heavy atom. The van der Waals surface area contributed by atoms with Crippen molar-refractivity contribution in [2.24, 2.45) is 23.2 Å². The largest absolute Gasteiger partial charge is 0.481 e. The number of aromatic nitrogens is 1. The molecular weight excluding hydrogens is 264 g/mol. The molecule has 4 fully saturated rings. The Hall–Kier alpha value is -1.58. The summed E-state index contributed by atoms with van der Waals surface area (Å²) in [5.74, 6) is 3.15. The molecule has 4 aliphatic rings. The van der Waals surface area contributed by atoms with Gasteiger partial charge in [-0.1, -0.05) is 0 Å². The Balaban J connectivity index is 1.51. The summed E-state index contributed by atoms with van der Waals surface area (Å²) in [6.45, 7) is 0. The van der Waals surface area contributed by atoms with Crippen LogP contribution < -0.4 is 10.1 Å². The molecule has 0 radical (unpaired) electrons. The van der Waals surface area contributed by atoms with Gasteiger partial charge < -0.3 is 10.1 Å². The number of hydrogen-bond acceptors (Lipinski definition) is 3. The Morgan fingerprint density at radius 3 is 2.29 bits per heavy atom. The fourth-order valence-electron chi connectivity index (χ4n) is 5.23. The first-order valence-corrected chi connectivity index (χ1v) is 7.98. The maximum absolute atomic E-state index is 12.9. The van der Waals surface area contributed by atoms with E-state index < -0.39 is 0 Å². The fraction of sp³-hybridized carbons (Fsp3) is 0.647. The van der Waals surface area contributed by atoms with E-state index in [1.54, 1.807) is 19.4 Å². The molecule has 4 bridgehead atoms. The van der Waals surface area contributed by atoms with Gasteiger partial charge in [0.15, 0.2) is 0 Å². The van der Waals surface area contributed by atoms with Crippen LogP contribution in [-0.2, 0) is 4.79 Å². The van der Waals surface area contributed by atoms with Crippen LogP contribution in [0.4, 0.5) is 5.69 Å². The lowest BCUT2D eigenvalue weighted by molar-refractivity contribution is -0.140. The molecule has 21 heavy (non-hydrogen) atoms. The van der Waals surface area contributed by atoms with Crippen molar-refractivity contribution in [3.05, 3.63) is 18.3 Å². The number of ether oxygens (including phenoxy) is 1. The highest BCUT2D eigenvalue weighted by molar-refractivity contribution is 5.95. The van der Waals surface area contributed by atoms with Crippen molar-refractivity contribution in [2.75, 3.05) is 12.4 Å². The molecule has 0 saturated heterocycles. The number of anilines is 1. The van der Waals surface area contributed by atoms with E-state index in [1.807, 2.05) is 6.07 Å². The van der Waals surface area contributed by atoms with Crippen molar-refractivity contribution < 1.29 is 9.53 Å². The summed E-state index contributed by atoms with van der Waals surface area (Å²) in [5, 5.41) is 3.09. The van der Waals surface area contributed by atoms with Crippen LogP contribution in [0.3, 0.4) is 0 Å². The standard InChI is InChI=1S/C17H22N2O2/c1-21-15-3-2-14(10-18-15)19-16(20)17-7-11-4-12(8-17)6-13(5-11)9-17/h2-3,10-13H,4-9H2,1H3,(H,19,20). The minimum absolute atomic E-state index is 0.103. The van der Waals surface area contributed by atoms with Crippen LogP contribution in [0.1, 0.15) is 38.5 Å². The number of carbonyl (C=O) groups excluding carboxylic acids is 1. The molecule has 4 saturated carbocycles. The lowest BCUT2D eigenvalue weighted by Gasteiger charge is -2.55. The van der Waals surface area contributed by atoms with Crippen LogP contribution in [0.2, 0.25) is 0 Å². The number of nitrogens with one attached hydrogen (secondary N) is 1. The molecule has 0 aromatic carbocycles. The molecule has 0 aliphatic heterocycles. The Bertz CT molecular complexity index is 517. The molecule has 1 aromatic heterocycles.